The fraction of sp³-hybridized carbons (Fsp3) is 0.182. The number of furan rings is 1. The number of hydrogen-bond donors (Lipinski definition) is 2. The minimum atomic E-state index is -0.595. The van der Waals surface area contributed by atoms with E-state index in [-0.39, 0.29) is 12.2 Å². The van der Waals surface area contributed by atoms with E-state index in [9.17, 15) is 9.59 Å². The summed E-state index contributed by atoms with van der Waals surface area (Å²) in [4.78, 5) is 27.3. The van der Waals surface area contributed by atoms with Gasteiger partial charge >= 0.3 is 0 Å². The average Bonchev–Trinajstić information content (AvgIpc) is 2.94. The van der Waals surface area contributed by atoms with Crippen LogP contribution >= 0.6 is 11.3 Å². The van der Waals surface area contributed by atoms with Crippen LogP contribution in [0.5, 0.6) is 0 Å². The molecular formula is C11H11N3O3S. The van der Waals surface area contributed by atoms with E-state index in [0.29, 0.717) is 10.8 Å². The van der Waals surface area contributed by atoms with E-state index in [0.717, 1.165) is 4.88 Å². The SMILES string of the molecule is Cc1sc(-c2ccco2)nc1C(=O)NCC(N)=O. The fourth-order valence-corrected chi connectivity index (χ4v) is 2.24. The molecular weight excluding hydrogens is 254 g/mol. The topological polar surface area (TPSA) is 98.2 Å². The summed E-state index contributed by atoms with van der Waals surface area (Å²) >= 11 is 1.35. The highest BCUT2D eigenvalue weighted by Gasteiger charge is 2.17. The molecule has 2 aromatic rings. The zero-order chi connectivity index (χ0) is 13.1. The number of carbonyl (C=O) groups is 2. The molecule has 6 nitrogen and oxygen atoms in total. The molecule has 0 aliphatic rings. The van der Waals surface area contributed by atoms with Crippen LogP contribution in [0.3, 0.4) is 0 Å². The largest absolute Gasteiger partial charge is 0.462 e. The van der Waals surface area contributed by atoms with Crippen LogP contribution in [0.25, 0.3) is 10.8 Å². The lowest BCUT2D eigenvalue weighted by atomic mass is 10.3. The highest BCUT2D eigenvalue weighted by Crippen LogP contribution is 2.27. The minimum Gasteiger partial charge on any atom is -0.462 e. The number of nitrogens with zero attached hydrogens (tertiary/aromatic N) is 1. The molecule has 7 heteroatoms. The number of aromatic nitrogens is 1. The van der Waals surface area contributed by atoms with Gasteiger partial charge in [0, 0.05) is 4.88 Å². The summed E-state index contributed by atoms with van der Waals surface area (Å²) in [5.41, 5.74) is 5.24. The van der Waals surface area contributed by atoms with Gasteiger partial charge in [-0.15, -0.1) is 11.3 Å². The molecule has 0 atom stereocenters. The van der Waals surface area contributed by atoms with Crippen molar-refractivity contribution in [2.45, 2.75) is 6.92 Å². The number of nitrogens with two attached hydrogens (primary N) is 1. The van der Waals surface area contributed by atoms with Gasteiger partial charge in [0.2, 0.25) is 5.91 Å². The van der Waals surface area contributed by atoms with Crippen LogP contribution in [0.15, 0.2) is 22.8 Å². The van der Waals surface area contributed by atoms with E-state index in [1.165, 1.54) is 11.3 Å². The molecule has 2 amide bonds. The summed E-state index contributed by atoms with van der Waals surface area (Å²) in [6.07, 6.45) is 1.54. The summed E-state index contributed by atoms with van der Waals surface area (Å²) in [6, 6.07) is 3.52. The second kappa shape index (κ2) is 5.01. The van der Waals surface area contributed by atoms with Gasteiger partial charge in [0.25, 0.3) is 5.91 Å². The molecule has 0 saturated carbocycles. The predicted molar refractivity (Wildman–Crippen MR) is 66.1 cm³/mol. The quantitative estimate of drug-likeness (QED) is 0.859. The van der Waals surface area contributed by atoms with Crippen LogP contribution in [0, 0.1) is 6.92 Å². The number of amides is 2. The first kappa shape index (κ1) is 12.3. The number of nitrogens with one attached hydrogen (secondary N) is 1. The summed E-state index contributed by atoms with van der Waals surface area (Å²) in [6.45, 7) is 1.58. The van der Waals surface area contributed by atoms with Crippen molar-refractivity contribution in [3.63, 3.8) is 0 Å². The lowest BCUT2D eigenvalue weighted by Gasteiger charge is -1.99. The molecule has 0 radical (unpaired) electrons. The van der Waals surface area contributed by atoms with Gasteiger partial charge in [-0.1, -0.05) is 0 Å². The van der Waals surface area contributed by atoms with E-state index >= 15 is 0 Å². The molecule has 2 rings (SSSR count). The number of rotatable bonds is 4. The van der Waals surface area contributed by atoms with Gasteiger partial charge in [0.05, 0.1) is 12.8 Å². The third-order valence-corrected chi connectivity index (χ3v) is 3.15. The molecule has 3 N–H and O–H groups in total. The Morgan fingerprint density at radius 3 is 2.94 bits per heavy atom. The van der Waals surface area contributed by atoms with Crippen LogP contribution in [-0.2, 0) is 4.79 Å². The van der Waals surface area contributed by atoms with Crippen molar-refractivity contribution < 1.29 is 14.0 Å². The highest BCUT2D eigenvalue weighted by molar-refractivity contribution is 7.15. The van der Waals surface area contributed by atoms with Gasteiger partial charge in [-0.3, -0.25) is 9.59 Å². The second-order valence-corrected chi connectivity index (χ2v) is 4.75. The number of carbonyl (C=O) groups excluding carboxylic acids is 2. The summed E-state index contributed by atoms with van der Waals surface area (Å²) in [5, 5.41) is 3.02. The van der Waals surface area contributed by atoms with E-state index in [2.05, 4.69) is 10.3 Å². The zero-order valence-corrected chi connectivity index (χ0v) is 10.4. The van der Waals surface area contributed by atoms with E-state index < -0.39 is 11.8 Å². The monoisotopic (exact) mass is 265 g/mol. The first-order chi connectivity index (χ1) is 8.58. The van der Waals surface area contributed by atoms with Crippen molar-refractivity contribution in [3.8, 4) is 10.8 Å². The Bertz CT molecular complexity index is 574. The average molecular weight is 265 g/mol. The molecule has 18 heavy (non-hydrogen) atoms. The van der Waals surface area contributed by atoms with Gasteiger partial charge in [-0.05, 0) is 19.1 Å². The molecule has 0 spiro atoms. The third-order valence-electron chi connectivity index (χ3n) is 2.17. The summed E-state index contributed by atoms with van der Waals surface area (Å²) in [5.74, 6) is -0.403. The molecule has 0 aliphatic carbocycles. The van der Waals surface area contributed by atoms with E-state index in [1.54, 1.807) is 25.3 Å². The van der Waals surface area contributed by atoms with Gasteiger partial charge < -0.3 is 15.5 Å². The van der Waals surface area contributed by atoms with Gasteiger partial charge in [0.15, 0.2) is 10.8 Å². The van der Waals surface area contributed by atoms with Crippen molar-refractivity contribution in [2.24, 2.45) is 5.73 Å². The normalized spacial score (nSPS) is 10.3. The van der Waals surface area contributed by atoms with Crippen LogP contribution < -0.4 is 11.1 Å². The first-order valence-electron chi connectivity index (χ1n) is 5.15. The Labute approximate surface area is 107 Å². The van der Waals surface area contributed by atoms with Crippen molar-refractivity contribution in [1.29, 1.82) is 0 Å². The Balaban J connectivity index is 2.19. The fourth-order valence-electron chi connectivity index (χ4n) is 1.36. The lowest BCUT2D eigenvalue weighted by molar-refractivity contribution is -0.117. The van der Waals surface area contributed by atoms with Crippen molar-refractivity contribution in [2.75, 3.05) is 6.54 Å². The molecule has 0 bridgehead atoms. The maximum absolute atomic E-state index is 11.7. The Morgan fingerprint density at radius 2 is 2.33 bits per heavy atom. The van der Waals surface area contributed by atoms with Gasteiger partial charge in [-0.2, -0.15) is 0 Å². The summed E-state index contributed by atoms with van der Waals surface area (Å²) in [7, 11) is 0. The number of primary amides is 1. The molecule has 0 saturated heterocycles. The predicted octanol–water partition coefficient (Wildman–Crippen LogP) is 0.927. The molecule has 0 unspecified atom stereocenters. The van der Waals surface area contributed by atoms with Crippen LogP contribution in [-0.4, -0.2) is 23.3 Å². The van der Waals surface area contributed by atoms with Crippen LogP contribution in [0.4, 0.5) is 0 Å². The molecule has 94 valence electrons. The van der Waals surface area contributed by atoms with Crippen molar-refractivity contribution >= 4 is 23.2 Å². The minimum absolute atomic E-state index is 0.202. The molecule has 0 aromatic carbocycles. The van der Waals surface area contributed by atoms with Crippen LogP contribution in [0.2, 0.25) is 0 Å². The molecule has 2 heterocycles. The Hall–Kier alpha value is -2.15. The zero-order valence-electron chi connectivity index (χ0n) is 9.60. The van der Waals surface area contributed by atoms with E-state index in [4.69, 9.17) is 10.2 Å². The first-order valence-corrected chi connectivity index (χ1v) is 5.97. The van der Waals surface area contributed by atoms with Crippen molar-refractivity contribution in [1.82, 2.24) is 10.3 Å². The standard InChI is InChI=1S/C11H11N3O3S/c1-6-9(10(16)13-5-8(12)15)14-11(18-6)7-3-2-4-17-7/h2-4H,5H2,1H3,(H2,12,15)(H,13,16). The van der Waals surface area contributed by atoms with Crippen LogP contribution in [0.1, 0.15) is 15.4 Å². The smallest absolute Gasteiger partial charge is 0.271 e. The number of thiazole rings is 1. The third kappa shape index (κ3) is 2.57. The highest BCUT2D eigenvalue weighted by atomic mass is 32.1. The summed E-state index contributed by atoms with van der Waals surface area (Å²) < 4.78 is 5.21. The Morgan fingerprint density at radius 1 is 1.56 bits per heavy atom. The maximum atomic E-state index is 11.7. The van der Waals surface area contributed by atoms with Gasteiger partial charge in [0.1, 0.15) is 5.69 Å². The molecule has 0 aliphatic heterocycles. The van der Waals surface area contributed by atoms with Crippen molar-refractivity contribution in [3.05, 3.63) is 29.0 Å². The van der Waals surface area contributed by atoms with E-state index in [1.807, 2.05) is 0 Å². The second-order valence-electron chi connectivity index (χ2n) is 3.55. The molecule has 2 aromatic heterocycles. The van der Waals surface area contributed by atoms with Gasteiger partial charge in [-0.25, -0.2) is 4.98 Å². The lowest BCUT2D eigenvalue weighted by Crippen LogP contribution is -2.33. The Kier molecular flexibility index (Phi) is 3.42. The number of aryl methyl sites for hydroxylation is 1. The molecule has 0 fully saturated rings. The number of hydrogen-bond acceptors (Lipinski definition) is 5. The maximum Gasteiger partial charge on any atom is 0.271 e.